The van der Waals surface area contributed by atoms with E-state index in [1.54, 1.807) is 50.7 Å². The summed E-state index contributed by atoms with van der Waals surface area (Å²) in [5.41, 5.74) is 1.28. The standard InChI is InChI=1S/C19H17N5O3/c1-26-14-6-4-13(5-7-14)17-15(9-20)18(25)24-19(23-17)22-11-12-3-8-16(27-2)21-10-12/h3-8,10H,11H2,1-2H3,(H2,22,23,24,25). The van der Waals surface area contributed by atoms with E-state index in [1.165, 1.54) is 0 Å². The highest BCUT2D eigenvalue weighted by Gasteiger charge is 2.13. The molecule has 0 aliphatic heterocycles. The number of methoxy groups -OCH3 is 2. The van der Waals surface area contributed by atoms with E-state index in [0.29, 0.717) is 29.4 Å². The van der Waals surface area contributed by atoms with Gasteiger partial charge in [-0.3, -0.25) is 9.78 Å². The van der Waals surface area contributed by atoms with Crippen molar-refractivity contribution in [2.75, 3.05) is 19.5 Å². The predicted octanol–water partition coefficient (Wildman–Crippen LogP) is 2.33. The summed E-state index contributed by atoms with van der Waals surface area (Å²) in [5.74, 6) is 1.46. The summed E-state index contributed by atoms with van der Waals surface area (Å²) in [7, 11) is 3.11. The van der Waals surface area contributed by atoms with E-state index >= 15 is 0 Å². The van der Waals surface area contributed by atoms with E-state index in [1.807, 2.05) is 12.1 Å². The van der Waals surface area contributed by atoms with Gasteiger partial charge in [0.05, 0.1) is 19.9 Å². The fraction of sp³-hybridized carbons (Fsp3) is 0.158. The van der Waals surface area contributed by atoms with Crippen LogP contribution in [0.2, 0.25) is 0 Å². The van der Waals surface area contributed by atoms with Crippen molar-refractivity contribution < 1.29 is 9.47 Å². The number of aromatic nitrogens is 3. The molecule has 0 amide bonds. The predicted molar refractivity (Wildman–Crippen MR) is 99.7 cm³/mol. The van der Waals surface area contributed by atoms with Crippen molar-refractivity contribution in [3.63, 3.8) is 0 Å². The Morgan fingerprint density at radius 3 is 2.52 bits per heavy atom. The van der Waals surface area contributed by atoms with E-state index in [9.17, 15) is 10.1 Å². The van der Waals surface area contributed by atoms with Crippen LogP contribution < -0.4 is 20.3 Å². The Labute approximate surface area is 155 Å². The average molecular weight is 363 g/mol. The molecule has 27 heavy (non-hydrogen) atoms. The van der Waals surface area contributed by atoms with Crippen LogP contribution in [0.3, 0.4) is 0 Å². The Bertz CT molecular complexity index is 1020. The minimum Gasteiger partial charge on any atom is -0.497 e. The van der Waals surface area contributed by atoms with Crippen LogP contribution in [0.1, 0.15) is 11.1 Å². The maximum atomic E-state index is 12.3. The summed E-state index contributed by atoms with van der Waals surface area (Å²) in [6.07, 6.45) is 1.66. The van der Waals surface area contributed by atoms with Gasteiger partial charge in [0.25, 0.3) is 5.56 Å². The number of anilines is 1. The number of hydrogen-bond acceptors (Lipinski definition) is 7. The van der Waals surface area contributed by atoms with Crippen molar-refractivity contribution in [2.45, 2.75) is 6.54 Å². The van der Waals surface area contributed by atoms with Crippen molar-refractivity contribution >= 4 is 5.95 Å². The molecule has 3 rings (SSSR count). The van der Waals surface area contributed by atoms with Crippen molar-refractivity contribution in [3.8, 4) is 29.0 Å². The van der Waals surface area contributed by atoms with Crippen LogP contribution in [-0.4, -0.2) is 29.2 Å². The minimum atomic E-state index is -0.506. The molecule has 8 heteroatoms. The van der Waals surface area contributed by atoms with Gasteiger partial charge in [0.1, 0.15) is 17.4 Å². The molecule has 0 spiro atoms. The Morgan fingerprint density at radius 1 is 1.15 bits per heavy atom. The van der Waals surface area contributed by atoms with Crippen LogP contribution in [0.25, 0.3) is 11.3 Å². The molecule has 0 saturated heterocycles. The van der Waals surface area contributed by atoms with Gasteiger partial charge < -0.3 is 14.8 Å². The Hall–Kier alpha value is -3.86. The number of nitriles is 1. The first kappa shape index (κ1) is 17.9. The highest BCUT2D eigenvalue weighted by atomic mass is 16.5. The number of hydrogen-bond donors (Lipinski definition) is 2. The fourth-order valence-corrected chi connectivity index (χ4v) is 2.44. The third kappa shape index (κ3) is 4.04. The maximum absolute atomic E-state index is 12.3. The molecule has 0 aliphatic rings. The molecular formula is C19H17N5O3. The van der Waals surface area contributed by atoms with Gasteiger partial charge >= 0.3 is 0 Å². The van der Waals surface area contributed by atoms with Gasteiger partial charge in [0.15, 0.2) is 0 Å². The molecule has 3 aromatic rings. The number of H-pyrrole nitrogens is 1. The van der Waals surface area contributed by atoms with Crippen molar-refractivity contribution in [1.82, 2.24) is 15.0 Å². The minimum absolute atomic E-state index is 0.0446. The molecule has 0 bridgehead atoms. The van der Waals surface area contributed by atoms with Gasteiger partial charge in [0.2, 0.25) is 11.8 Å². The molecule has 2 aromatic heterocycles. The number of ether oxygens (including phenoxy) is 2. The summed E-state index contributed by atoms with van der Waals surface area (Å²) in [6, 6.07) is 12.5. The largest absolute Gasteiger partial charge is 0.497 e. The summed E-state index contributed by atoms with van der Waals surface area (Å²) in [4.78, 5) is 23.4. The van der Waals surface area contributed by atoms with Gasteiger partial charge in [0, 0.05) is 24.4 Å². The van der Waals surface area contributed by atoms with E-state index in [2.05, 4.69) is 20.3 Å². The monoisotopic (exact) mass is 363 g/mol. The number of rotatable bonds is 6. The van der Waals surface area contributed by atoms with Crippen LogP contribution in [0, 0.1) is 11.3 Å². The third-order valence-electron chi connectivity index (χ3n) is 3.86. The number of benzene rings is 1. The topological polar surface area (TPSA) is 113 Å². The van der Waals surface area contributed by atoms with Crippen LogP contribution in [-0.2, 0) is 6.54 Å². The molecule has 0 aliphatic carbocycles. The van der Waals surface area contributed by atoms with Gasteiger partial charge in [-0.2, -0.15) is 5.26 Å². The zero-order chi connectivity index (χ0) is 19.2. The fourth-order valence-electron chi connectivity index (χ4n) is 2.44. The lowest BCUT2D eigenvalue weighted by Gasteiger charge is -2.09. The molecule has 2 heterocycles. The second kappa shape index (κ2) is 8.01. The quantitative estimate of drug-likeness (QED) is 0.691. The Kier molecular flexibility index (Phi) is 5.33. The van der Waals surface area contributed by atoms with E-state index in [0.717, 1.165) is 5.56 Å². The third-order valence-corrected chi connectivity index (χ3v) is 3.86. The highest BCUT2D eigenvalue weighted by molar-refractivity contribution is 5.67. The van der Waals surface area contributed by atoms with E-state index < -0.39 is 5.56 Å². The zero-order valence-corrected chi connectivity index (χ0v) is 14.8. The first-order valence-electron chi connectivity index (χ1n) is 8.06. The number of nitrogens with one attached hydrogen (secondary N) is 2. The maximum Gasteiger partial charge on any atom is 0.270 e. The van der Waals surface area contributed by atoms with Crippen LogP contribution in [0.5, 0.6) is 11.6 Å². The lowest BCUT2D eigenvalue weighted by Crippen LogP contribution is -2.17. The summed E-state index contributed by atoms with van der Waals surface area (Å²) < 4.78 is 10.2. The van der Waals surface area contributed by atoms with Crippen molar-refractivity contribution in [1.29, 1.82) is 5.26 Å². The molecule has 8 nitrogen and oxygen atoms in total. The summed E-state index contributed by atoms with van der Waals surface area (Å²) in [5, 5.41) is 12.4. The normalized spacial score (nSPS) is 10.1. The summed E-state index contributed by atoms with van der Waals surface area (Å²) in [6.45, 7) is 0.397. The first-order valence-corrected chi connectivity index (χ1v) is 8.06. The van der Waals surface area contributed by atoms with Crippen LogP contribution in [0.15, 0.2) is 47.4 Å². The van der Waals surface area contributed by atoms with Crippen molar-refractivity contribution in [3.05, 3.63) is 64.1 Å². The lowest BCUT2D eigenvalue weighted by atomic mass is 10.1. The SMILES string of the molecule is COc1ccc(-c2nc(NCc3ccc(OC)nc3)[nH]c(=O)c2C#N)cc1. The molecule has 2 N–H and O–H groups in total. The second-order valence-electron chi connectivity index (χ2n) is 5.54. The zero-order valence-electron chi connectivity index (χ0n) is 14.8. The van der Waals surface area contributed by atoms with Gasteiger partial charge in [-0.05, 0) is 29.8 Å². The average Bonchev–Trinajstić information content (AvgIpc) is 2.72. The number of nitrogens with zero attached hydrogens (tertiary/aromatic N) is 3. The summed E-state index contributed by atoms with van der Waals surface area (Å²) >= 11 is 0. The smallest absolute Gasteiger partial charge is 0.270 e. The molecule has 1 aromatic carbocycles. The molecule has 0 radical (unpaired) electrons. The highest BCUT2D eigenvalue weighted by Crippen LogP contribution is 2.23. The van der Waals surface area contributed by atoms with Gasteiger partial charge in [-0.1, -0.05) is 6.07 Å². The second-order valence-corrected chi connectivity index (χ2v) is 5.54. The van der Waals surface area contributed by atoms with Crippen molar-refractivity contribution in [2.24, 2.45) is 0 Å². The van der Waals surface area contributed by atoms with E-state index in [-0.39, 0.29) is 11.5 Å². The molecule has 0 saturated carbocycles. The molecule has 0 unspecified atom stereocenters. The molecule has 136 valence electrons. The van der Waals surface area contributed by atoms with Gasteiger partial charge in [-0.15, -0.1) is 0 Å². The molecular weight excluding hydrogens is 346 g/mol. The molecule has 0 atom stereocenters. The first-order chi connectivity index (χ1) is 13.1. The number of aromatic amines is 1. The van der Waals surface area contributed by atoms with Crippen LogP contribution >= 0.6 is 0 Å². The number of pyridine rings is 1. The lowest BCUT2D eigenvalue weighted by molar-refractivity contribution is 0.397. The molecule has 0 fully saturated rings. The van der Waals surface area contributed by atoms with Gasteiger partial charge in [-0.25, -0.2) is 9.97 Å². The van der Waals surface area contributed by atoms with E-state index in [4.69, 9.17) is 9.47 Å². The Balaban J connectivity index is 1.88. The Morgan fingerprint density at radius 2 is 1.93 bits per heavy atom. The van der Waals surface area contributed by atoms with Crippen LogP contribution in [0.4, 0.5) is 5.95 Å².